The van der Waals surface area contributed by atoms with Gasteiger partial charge in [0.1, 0.15) is 0 Å². The highest BCUT2D eigenvalue weighted by Crippen LogP contribution is 2.10. The van der Waals surface area contributed by atoms with Crippen molar-refractivity contribution in [1.29, 1.82) is 0 Å². The lowest BCUT2D eigenvalue weighted by Crippen LogP contribution is -1.85. The maximum absolute atomic E-state index is 10.5. The first-order valence-electron chi connectivity index (χ1n) is 5.45. The molecule has 0 aliphatic heterocycles. The van der Waals surface area contributed by atoms with Gasteiger partial charge in [-0.15, -0.1) is 0 Å². The van der Waals surface area contributed by atoms with E-state index in [1.807, 2.05) is 0 Å². The van der Waals surface area contributed by atoms with Crippen molar-refractivity contribution < 1.29 is 4.79 Å². The van der Waals surface area contributed by atoms with E-state index in [4.69, 9.17) is 0 Å². The molecule has 0 N–H and O–H groups in total. The summed E-state index contributed by atoms with van der Waals surface area (Å²) < 4.78 is 0.151. The first-order chi connectivity index (χ1) is 6.27. The highest BCUT2D eigenvalue weighted by atomic mass is 79.9. The Balaban J connectivity index is 2.87. The molecule has 0 fully saturated rings. The SMILES string of the molecule is CCCCCCCCCCC(=O)Br. The van der Waals surface area contributed by atoms with Crippen LogP contribution in [0.15, 0.2) is 0 Å². The van der Waals surface area contributed by atoms with E-state index in [0.29, 0.717) is 6.42 Å². The molecule has 0 aromatic carbocycles. The molecule has 78 valence electrons. The number of carbonyl (C=O) groups excluding carboxylic acids is 1. The van der Waals surface area contributed by atoms with Crippen LogP contribution in [-0.4, -0.2) is 4.69 Å². The highest BCUT2D eigenvalue weighted by Gasteiger charge is 1.95. The van der Waals surface area contributed by atoms with E-state index in [9.17, 15) is 4.79 Å². The van der Waals surface area contributed by atoms with E-state index in [2.05, 4.69) is 22.9 Å². The Hall–Kier alpha value is 0.150. The van der Waals surface area contributed by atoms with E-state index in [1.54, 1.807) is 0 Å². The lowest BCUT2D eigenvalue weighted by molar-refractivity contribution is -0.110. The minimum absolute atomic E-state index is 0.151. The second kappa shape index (κ2) is 10.2. The van der Waals surface area contributed by atoms with Crippen LogP contribution in [0.4, 0.5) is 0 Å². The molecular weight excluding hydrogens is 228 g/mol. The van der Waals surface area contributed by atoms with Gasteiger partial charge in [0.25, 0.3) is 0 Å². The Morgan fingerprint density at radius 1 is 0.923 bits per heavy atom. The number of rotatable bonds is 9. The largest absolute Gasteiger partial charge is 0.287 e. The molecule has 0 radical (unpaired) electrons. The fourth-order valence-electron chi connectivity index (χ4n) is 1.40. The third-order valence-corrected chi connectivity index (χ3v) is 2.62. The zero-order valence-electron chi connectivity index (χ0n) is 8.65. The summed E-state index contributed by atoms with van der Waals surface area (Å²) in [6.45, 7) is 2.24. The van der Waals surface area contributed by atoms with Crippen LogP contribution in [0.1, 0.15) is 64.7 Å². The molecule has 13 heavy (non-hydrogen) atoms. The lowest BCUT2D eigenvalue weighted by Gasteiger charge is -1.99. The Kier molecular flexibility index (Phi) is 10.4. The van der Waals surface area contributed by atoms with Crippen LogP contribution in [0.5, 0.6) is 0 Å². The third-order valence-electron chi connectivity index (χ3n) is 2.23. The fourth-order valence-corrected chi connectivity index (χ4v) is 1.68. The maximum Gasteiger partial charge on any atom is 0.197 e. The quantitative estimate of drug-likeness (QED) is 0.436. The molecule has 1 nitrogen and oxygen atoms in total. The van der Waals surface area contributed by atoms with Crippen molar-refractivity contribution in [3.8, 4) is 0 Å². The van der Waals surface area contributed by atoms with Crippen molar-refractivity contribution in [2.24, 2.45) is 0 Å². The molecular formula is C11H21BrO. The van der Waals surface area contributed by atoms with Gasteiger partial charge in [0, 0.05) is 6.42 Å². The summed E-state index contributed by atoms with van der Waals surface area (Å²) in [6, 6.07) is 0. The van der Waals surface area contributed by atoms with E-state index in [-0.39, 0.29) is 4.69 Å². The smallest absolute Gasteiger partial charge is 0.197 e. The minimum Gasteiger partial charge on any atom is -0.287 e. The summed E-state index contributed by atoms with van der Waals surface area (Å²) in [7, 11) is 0. The van der Waals surface area contributed by atoms with Gasteiger partial charge in [-0.05, 0) is 22.4 Å². The standard InChI is InChI=1S/C11H21BrO/c1-2-3-4-5-6-7-8-9-10-11(12)13/h2-10H2,1H3. The van der Waals surface area contributed by atoms with Crippen LogP contribution in [0.25, 0.3) is 0 Å². The van der Waals surface area contributed by atoms with Gasteiger partial charge >= 0.3 is 0 Å². The number of hydrogen-bond donors (Lipinski definition) is 0. The molecule has 0 aliphatic rings. The first-order valence-corrected chi connectivity index (χ1v) is 6.25. The van der Waals surface area contributed by atoms with Crippen molar-refractivity contribution in [2.75, 3.05) is 0 Å². The fraction of sp³-hybridized carbons (Fsp3) is 0.909. The Labute approximate surface area is 90.4 Å². The average molecular weight is 249 g/mol. The molecule has 0 saturated heterocycles. The second-order valence-electron chi connectivity index (χ2n) is 3.58. The van der Waals surface area contributed by atoms with Gasteiger partial charge in [-0.1, -0.05) is 51.9 Å². The van der Waals surface area contributed by atoms with Gasteiger partial charge in [-0.3, -0.25) is 4.79 Å². The Bertz CT molecular complexity index is 123. The summed E-state index contributed by atoms with van der Waals surface area (Å²) in [5.41, 5.74) is 0. The van der Waals surface area contributed by atoms with E-state index in [1.165, 1.54) is 44.9 Å². The zero-order chi connectivity index (χ0) is 9.94. The van der Waals surface area contributed by atoms with Crippen molar-refractivity contribution in [3.63, 3.8) is 0 Å². The third kappa shape index (κ3) is 12.1. The molecule has 0 saturated carbocycles. The van der Waals surface area contributed by atoms with Crippen molar-refractivity contribution in [3.05, 3.63) is 0 Å². The normalized spacial score (nSPS) is 10.3. The van der Waals surface area contributed by atoms with Crippen LogP contribution in [0, 0.1) is 0 Å². The molecule has 0 aromatic rings. The summed E-state index contributed by atoms with van der Waals surface area (Å²) in [4.78, 5) is 10.5. The van der Waals surface area contributed by atoms with E-state index >= 15 is 0 Å². The summed E-state index contributed by atoms with van der Waals surface area (Å²) in [6.07, 6.45) is 11.1. The van der Waals surface area contributed by atoms with Gasteiger partial charge < -0.3 is 0 Å². The monoisotopic (exact) mass is 248 g/mol. The molecule has 2 heteroatoms. The highest BCUT2D eigenvalue weighted by molar-refractivity contribution is 9.18. The topological polar surface area (TPSA) is 17.1 Å². The summed E-state index contributed by atoms with van der Waals surface area (Å²) in [5, 5.41) is 0. The van der Waals surface area contributed by atoms with Gasteiger partial charge in [-0.25, -0.2) is 0 Å². The number of carbonyl (C=O) groups is 1. The molecule has 0 amide bonds. The van der Waals surface area contributed by atoms with Gasteiger partial charge in [-0.2, -0.15) is 0 Å². The molecule has 0 heterocycles. The molecule has 0 aliphatic carbocycles. The number of unbranched alkanes of at least 4 members (excludes halogenated alkanes) is 7. The molecule has 0 bridgehead atoms. The van der Waals surface area contributed by atoms with Crippen LogP contribution in [0.2, 0.25) is 0 Å². The van der Waals surface area contributed by atoms with Crippen LogP contribution < -0.4 is 0 Å². The van der Waals surface area contributed by atoms with Crippen LogP contribution >= 0.6 is 15.9 Å². The van der Waals surface area contributed by atoms with Gasteiger partial charge in [0.15, 0.2) is 4.69 Å². The van der Waals surface area contributed by atoms with Crippen molar-refractivity contribution >= 4 is 20.6 Å². The van der Waals surface area contributed by atoms with Gasteiger partial charge in [0.05, 0.1) is 0 Å². The Morgan fingerprint density at radius 3 is 1.85 bits per heavy atom. The van der Waals surface area contributed by atoms with E-state index in [0.717, 1.165) is 6.42 Å². The maximum atomic E-state index is 10.5. The average Bonchev–Trinajstić information content (AvgIpc) is 2.09. The summed E-state index contributed by atoms with van der Waals surface area (Å²) in [5.74, 6) is 0. The molecule has 0 rings (SSSR count). The zero-order valence-corrected chi connectivity index (χ0v) is 10.2. The molecule has 0 aromatic heterocycles. The molecule has 0 spiro atoms. The molecule has 0 atom stereocenters. The van der Waals surface area contributed by atoms with E-state index < -0.39 is 0 Å². The van der Waals surface area contributed by atoms with Crippen LogP contribution in [0.3, 0.4) is 0 Å². The summed E-state index contributed by atoms with van der Waals surface area (Å²) >= 11 is 2.94. The first kappa shape index (κ1) is 13.2. The molecule has 0 unspecified atom stereocenters. The predicted molar refractivity (Wildman–Crippen MR) is 61.2 cm³/mol. The lowest BCUT2D eigenvalue weighted by atomic mass is 10.1. The van der Waals surface area contributed by atoms with Crippen LogP contribution in [-0.2, 0) is 4.79 Å². The van der Waals surface area contributed by atoms with Gasteiger partial charge in [0.2, 0.25) is 0 Å². The minimum atomic E-state index is 0.151. The van der Waals surface area contributed by atoms with Crippen molar-refractivity contribution in [2.45, 2.75) is 64.7 Å². The predicted octanol–water partition coefficient (Wildman–Crippen LogP) is 4.44. The van der Waals surface area contributed by atoms with Crippen molar-refractivity contribution in [1.82, 2.24) is 0 Å². The number of hydrogen-bond acceptors (Lipinski definition) is 1. The second-order valence-corrected chi connectivity index (χ2v) is 4.46. The Morgan fingerprint density at radius 2 is 1.38 bits per heavy atom. The number of halogens is 1.